The number of allylic oxidation sites excluding steroid dienone is 1. The molecule has 0 aromatic carbocycles. The second-order valence-corrected chi connectivity index (χ2v) is 3.87. The van der Waals surface area contributed by atoms with Crippen LogP contribution in [0, 0.1) is 0 Å². The van der Waals surface area contributed by atoms with Crippen LogP contribution in [0.2, 0.25) is 0 Å². The third-order valence-electron chi connectivity index (χ3n) is 2.56. The number of rotatable bonds is 7. The van der Waals surface area contributed by atoms with Gasteiger partial charge in [-0.3, -0.25) is 4.79 Å². The van der Waals surface area contributed by atoms with Crippen molar-refractivity contribution in [1.29, 1.82) is 0 Å². The largest absolute Gasteiger partial charge is 0.505 e. The number of unbranched alkanes of at least 4 members (excludes halogenated alkanes) is 3. The zero-order valence-corrected chi connectivity index (χ0v) is 10.2. The first-order valence-electron chi connectivity index (χ1n) is 5.90. The van der Waals surface area contributed by atoms with E-state index in [0.29, 0.717) is 19.6 Å². The summed E-state index contributed by atoms with van der Waals surface area (Å²) in [5, 5.41) is 0. The van der Waals surface area contributed by atoms with Gasteiger partial charge < -0.3 is 9.47 Å². The van der Waals surface area contributed by atoms with Gasteiger partial charge in [0.25, 0.3) is 0 Å². The average Bonchev–Trinajstić information content (AvgIpc) is 2.74. The molecular formula is C12H19NO4. The summed E-state index contributed by atoms with van der Waals surface area (Å²) in [6.07, 6.45) is 7.30. The number of imide groups is 1. The molecule has 5 nitrogen and oxygen atoms in total. The fourth-order valence-corrected chi connectivity index (χ4v) is 1.63. The van der Waals surface area contributed by atoms with Crippen LogP contribution in [-0.2, 0) is 14.3 Å². The molecule has 1 aliphatic heterocycles. The minimum absolute atomic E-state index is 0.125. The van der Waals surface area contributed by atoms with Crippen LogP contribution >= 0.6 is 0 Å². The number of carbonyl (C=O) groups is 2. The van der Waals surface area contributed by atoms with Gasteiger partial charge in [0.2, 0.25) is 5.91 Å². The number of methoxy groups -OCH3 is 1. The summed E-state index contributed by atoms with van der Waals surface area (Å²) in [6, 6.07) is 0. The van der Waals surface area contributed by atoms with E-state index in [9.17, 15) is 9.59 Å². The standard InChI is InChI=1S/C12H19NO4/c1-16-9-6-4-2-3-5-7-11(14)13-8-10-17-12(13)15/h6,9H,2-5,7-8,10H2,1H3. The molecule has 96 valence electrons. The van der Waals surface area contributed by atoms with Gasteiger partial charge in [0.05, 0.1) is 19.9 Å². The number of cyclic esters (lactones) is 1. The Hall–Kier alpha value is -1.52. The van der Waals surface area contributed by atoms with E-state index >= 15 is 0 Å². The molecule has 0 saturated carbocycles. The SMILES string of the molecule is COC=CCCCCCC(=O)N1CCOC1=O. The predicted octanol–water partition coefficient (Wildman–Crippen LogP) is 2.08. The van der Waals surface area contributed by atoms with Gasteiger partial charge in [-0.05, 0) is 25.3 Å². The fourth-order valence-electron chi connectivity index (χ4n) is 1.63. The van der Waals surface area contributed by atoms with E-state index in [1.807, 2.05) is 6.08 Å². The van der Waals surface area contributed by atoms with Gasteiger partial charge in [-0.25, -0.2) is 9.69 Å². The Kier molecular flexibility index (Phi) is 6.14. The maximum atomic E-state index is 11.6. The molecule has 17 heavy (non-hydrogen) atoms. The first kappa shape index (κ1) is 13.5. The van der Waals surface area contributed by atoms with E-state index in [1.54, 1.807) is 13.4 Å². The van der Waals surface area contributed by atoms with Gasteiger partial charge in [0.1, 0.15) is 6.61 Å². The lowest BCUT2D eigenvalue weighted by atomic mass is 10.1. The topological polar surface area (TPSA) is 55.8 Å². The van der Waals surface area contributed by atoms with Crippen molar-refractivity contribution in [2.75, 3.05) is 20.3 Å². The minimum atomic E-state index is -0.502. The van der Waals surface area contributed by atoms with E-state index in [4.69, 9.17) is 9.47 Å². The highest BCUT2D eigenvalue weighted by atomic mass is 16.6. The van der Waals surface area contributed by atoms with Crippen molar-refractivity contribution in [3.8, 4) is 0 Å². The number of hydrogen-bond acceptors (Lipinski definition) is 4. The predicted molar refractivity (Wildman–Crippen MR) is 62.3 cm³/mol. The van der Waals surface area contributed by atoms with Gasteiger partial charge in [0.15, 0.2) is 0 Å². The Morgan fingerprint density at radius 2 is 2.29 bits per heavy atom. The molecule has 0 bridgehead atoms. The van der Waals surface area contributed by atoms with Crippen molar-refractivity contribution in [2.24, 2.45) is 0 Å². The molecule has 0 spiro atoms. The zero-order valence-electron chi connectivity index (χ0n) is 10.2. The molecule has 0 aromatic heterocycles. The van der Waals surface area contributed by atoms with Crippen LogP contribution in [-0.4, -0.2) is 37.2 Å². The molecule has 0 unspecified atom stereocenters. The first-order valence-corrected chi connectivity index (χ1v) is 5.90. The van der Waals surface area contributed by atoms with Gasteiger partial charge in [-0.2, -0.15) is 0 Å². The molecule has 0 aliphatic carbocycles. The zero-order chi connectivity index (χ0) is 12.5. The number of carbonyl (C=O) groups excluding carboxylic acids is 2. The highest BCUT2D eigenvalue weighted by Crippen LogP contribution is 2.10. The van der Waals surface area contributed by atoms with Gasteiger partial charge in [-0.1, -0.05) is 6.42 Å². The van der Waals surface area contributed by atoms with Crippen molar-refractivity contribution in [3.63, 3.8) is 0 Å². The van der Waals surface area contributed by atoms with Gasteiger partial charge >= 0.3 is 6.09 Å². The molecule has 0 atom stereocenters. The van der Waals surface area contributed by atoms with Crippen molar-refractivity contribution in [3.05, 3.63) is 12.3 Å². The van der Waals surface area contributed by atoms with Crippen LogP contribution in [0.3, 0.4) is 0 Å². The number of nitrogens with zero attached hydrogens (tertiary/aromatic N) is 1. The quantitative estimate of drug-likeness (QED) is 0.506. The van der Waals surface area contributed by atoms with Crippen LogP contribution in [0.1, 0.15) is 32.1 Å². The lowest BCUT2D eigenvalue weighted by Gasteiger charge is -2.09. The number of amides is 2. The molecular weight excluding hydrogens is 222 g/mol. The lowest BCUT2D eigenvalue weighted by molar-refractivity contribution is -0.127. The third-order valence-corrected chi connectivity index (χ3v) is 2.56. The van der Waals surface area contributed by atoms with E-state index in [2.05, 4.69) is 0 Å². The van der Waals surface area contributed by atoms with Gasteiger partial charge in [0, 0.05) is 6.42 Å². The lowest BCUT2D eigenvalue weighted by Crippen LogP contribution is -2.31. The smallest absolute Gasteiger partial charge is 0.416 e. The minimum Gasteiger partial charge on any atom is -0.505 e. The fraction of sp³-hybridized carbons (Fsp3) is 0.667. The molecule has 2 amide bonds. The summed E-state index contributed by atoms with van der Waals surface area (Å²) in [5.41, 5.74) is 0. The summed E-state index contributed by atoms with van der Waals surface area (Å²) >= 11 is 0. The van der Waals surface area contributed by atoms with E-state index in [1.165, 1.54) is 4.90 Å². The molecule has 1 aliphatic rings. The highest BCUT2D eigenvalue weighted by molar-refractivity contribution is 5.92. The van der Waals surface area contributed by atoms with Crippen LogP contribution in [0.5, 0.6) is 0 Å². The van der Waals surface area contributed by atoms with Crippen molar-refractivity contribution < 1.29 is 19.1 Å². The Bertz CT molecular complexity index is 288. The maximum Gasteiger partial charge on any atom is 0.416 e. The van der Waals surface area contributed by atoms with Gasteiger partial charge in [-0.15, -0.1) is 0 Å². The van der Waals surface area contributed by atoms with Crippen LogP contribution in [0.25, 0.3) is 0 Å². The molecule has 1 fully saturated rings. The second kappa shape index (κ2) is 7.70. The summed E-state index contributed by atoms with van der Waals surface area (Å²) in [6.45, 7) is 0.723. The molecule has 1 heterocycles. The van der Waals surface area contributed by atoms with Crippen LogP contribution in [0.15, 0.2) is 12.3 Å². The van der Waals surface area contributed by atoms with E-state index < -0.39 is 6.09 Å². The molecule has 5 heteroatoms. The second-order valence-electron chi connectivity index (χ2n) is 3.87. The molecule has 0 radical (unpaired) electrons. The normalized spacial score (nSPS) is 15.4. The van der Waals surface area contributed by atoms with E-state index in [0.717, 1.165) is 25.7 Å². The molecule has 1 saturated heterocycles. The Morgan fingerprint density at radius 1 is 1.47 bits per heavy atom. The number of hydrogen-bond donors (Lipinski definition) is 0. The summed E-state index contributed by atoms with van der Waals surface area (Å²) < 4.78 is 9.47. The molecule has 0 aromatic rings. The van der Waals surface area contributed by atoms with Crippen molar-refractivity contribution >= 4 is 12.0 Å². The molecule has 1 rings (SSSR count). The van der Waals surface area contributed by atoms with Crippen LogP contribution < -0.4 is 0 Å². The Labute approximate surface area is 101 Å². The maximum absolute atomic E-state index is 11.6. The summed E-state index contributed by atoms with van der Waals surface area (Å²) in [5.74, 6) is -0.125. The van der Waals surface area contributed by atoms with Crippen molar-refractivity contribution in [1.82, 2.24) is 4.90 Å². The van der Waals surface area contributed by atoms with Crippen molar-refractivity contribution in [2.45, 2.75) is 32.1 Å². The monoisotopic (exact) mass is 241 g/mol. The summed E-state index contributed by atoms with van der Waals surface area (Å²) in [7, 11) is 1.62. The number of ether oxygens (including phenoxy) is 2. The highest BCUT2D eigenvalue weighted by Gasteiger charge is 2.27. The Balaban J connectivity index is 2.04. The summed E-state index contributed by atoms with van der Waals surface area (Å²) in [4.78, 5) is 23.9. The molecule has 0 N–H and O–H groups in total. The average molecular weight is 241 g/mol. The van der Waals surface area contributed by atoms with E-state index in [-0.39, 0.29) is 5.91 Å². The first-order chi connectivity index (χ1) is 8.25. The third kappa shape index (κ3) is 4.89. The Morgan fingerprint density at radius 3 is 2.94 bits per heavy atom. The van der Waals surface area contributed by atoms with Crippen LogP contribution in [0.4, 0.5) is 4.79 Å².